The Morgan fingerprint density at radius 1 is 1.33 bits per heavy atom. The largest absolute Gasteiger partial charge is 0.342 e. The molecule has 0 aliphatic carbocycles. The summed E-state index contributed by atoms with van der Waals surface area (Å²) in [5, 5.41) is 0. The molecular weight excluding hydrogens is 298 g/mol. The quantitative estimate of drug-likeness (QED) is 0.931. The van der Waals surface area contributed by atoms with Crippen LogP contribution in [0.5, 0.6) is 0 Å². The molecule has 1 aromatic rings. The Kier molecular flexibility index (Phi) is 6.55. The number of amides is 1. The number of hydrogen-bond acceptors (Lipinski definition) is 2. The summed E-state index contributed by atoms with van der Waals surface area (Å²) in [4.78, 5) is 13.9. The van der Waals surface area contributed by atoms with E-state index in [-0.39, 0.29) is 30.8 Å². The third kappa shape index (κ3) is 4.64. The first-order valence-electron chi connectivity index (χ1n) is 6.94. The van der Waals surface area contributed by atoms with Crippen molar-refractivity contribution in [2.75, 3.05) is 13.1 Å². The fourth-order valence-corrected chi connectivity index (χ4v) is 2.61. The maximum Gasteiger partial charge on any atom is 0.226 e. The lowest BCUT2D eigenvalue weighted by Gasteiger charge is -2.33. The van der Waals surface area contributed by atoms with Gasteiger partial charge in [0.2, 0.25) is 5.91 Å². The Balaban J connectivity index is 0.00000220. The van der Waals surface area contributed by atoms with Crippen molar-refractivity contribution < 1.29 is 13.6 Å². The van der Waals surface area contributed by atoms with Crippen molar-refractivity contribution in [3.63, 3.8) is 0 Å². The van der Waals surface area contributed by atoms with Crippen molar-refractivity contribution in [3.8, 4) is 0 Å². The highest BCUT2D eigenvalue weighted by atomic mass is 35.5. The van der Waals surface area contributed by atoms with E-state index in [1.54, 1.807) is 4.90 Å². The van der Waals surface area contributed by atoms with E-state index in [0.29, 0.717) is 24.6 Å². The van der Waals surface area contributed by atoms with Crippen molar-refractivity contribution in [1.82, 2.24) is 4.90 Å². The van der Waals surface area contributed by atoms with Crippen LogP contribution in [0, 0.1) is 17.6 Å². The smallest absolute Gasteiger partial charge is 0.226 e. The zero-order chi connectivity index (χ0) is 14.7. The van der Waals surface area contributed by atoms with E-state index in [1.807, 2.05) is 6.92 Å². The lowest BCUT2D eigenvalue weighted by atomic mass is 9.91. The fourth-order valence-electron chi connectivity index (χ4n) is 2.61. The van der Waals surface area contributed by atoms with Gasteiger partial charge >= 0.3 is 0 Å². The number of benzene rings is 1. The van der Waals surface area contributed by atoms with E-state index in [2.05, 4.69) is 0 Å². The fraction of sp³-hybridized carbons (Fsp3) is 0.533. The Morgan fingerprint density at radius 3 is 2.48 bits per heavy atom. The maximum atomic E-state index is 13.1. The highest BCUT2D eigenvalue weighted by molar-refractivity contribution is 5.85. The average molecular weight is 319 g/mol. The highest BCUT2D eigenvalue weighted by Gasteiger charge is 2.24. The van der Waals surface area contributed by atoms with Crippen molar-refractivity contribution in [2.24, 2.45) is 11.7 Å². The van der Waals surface area contributed by atoms with Crippen LogP contribution in [0.15, 0.2) is 18.2 Å². The molecule has 21 heavy (non-hydrogen) atoms. The molecular formula is C15H21ClF2N2O. The van der Waals surface area contributed by atoms with E-state index in [0.717, 1.165) is 25.0 Å². The molecule has 2 N–H and O–H groups in total. The summed E-state index contributed by atoms with van der Waals surface area (Å²) in [6.45, 7) is 3.37. The zero-order valence-electron chi connectivity index (χ0n) is 12.0. The van der Waals surface area contributed by atoms with E-state index in [1.165, 1.54) is 6.07 Å². The van der Waals surface area contributed by atoms with Crippen LogP contribution in [-0.4, -0.2) is 29.9 Å². The molecule has 118 valence electrons. The van der Waals surface area contributed by atoms with Gasteiger partial charge in [0.1, 0.15) is 0 Å². The molecule has 1 aliphatic rings. The topological polar surface area (TPSA) is 46.3 Å². The number of carbonyl (C=O) groups is 1. The molecule has 0 radical (unpaired) electrons. The monoisotopic (exact) mass is 318 g/mol. The second-order valence-electron chi connectivity index (χ2n) is 5.50. The molecule has 6 heteroatoms. The number of rotatable bonds is 3. The summed E-state index contributed by atoms with van der Waals surface area (Å²) in [6, 6.07) is 3.74. The normalized spacial score (nSPS) is 17.2. The van der Waals surface area contributed by atoms with Gasteiger partial charge in [0, 0.05) is 19.1 Å². The maximum absolute atomic E-state index is 13.1. The number of nitrogens with zero attached hydrogens (tertiary/aromatic N) is 1. The van der Waals surface area contributed by atoms with Gasteiger partial charge in [0.15, 0.2) is 11.6 Å². The molecule has 1 fully saturated rings. The number of carbonyl (C=O) groups excluding carboxylic acids is 1. The Bertz CT molecular complexity index is 489. The minimum absolute atomic E-state index is 0. The predicted molar refractivity (Wildman–Crippen MR) is 80.3 cm³/mol. The van der Waals surface area contributed by atoms with E-state index >= 15 is 0 Å². The molecule has 1 unspecified atom stereocenters. The average Bonchev–Trinajstić information content (AvgIpc) is 2.43. The first kappa shape index (κ1) is 17.9. The molecule has 0 aromatic heterocycles. The minimum Gasteiger partial charge on any atom is -0.342 e. The van der Waals surface area contributed by atoms with Crippen molar-refractivity contribution in [1.29, 1.82) is 0 Å². The van der Waals surface area contributed by atoms with E-state index in [4.69, 9.17) is 5.73 Å². The molecule has 1 aromatic carbocycles. The summed E-state index contributed by atoms with van der Waals surface area (Å²) < 4.78 is 25.9. The summed E-state index contributed by atoms with van der Waals surface area (Å²) in [6.07, 6.45) is 1.92. The Hall–Kier alpha value is -1.20. The molecule has 1 saturated heterocycles. The van der Waals surface area contributed by atoms with Crippen LogP contribution < -0.4 is 5.73 Å². The summed E-state index contributed by atoms with van der Waals surface area (Å²) in [7, 11) is 0. The van der Waals surface area contributed by atoms with Gasteiger partial charge in [-0.25, -0.2) is 8.78 Å². The van der Waals surface area contributed by atoms with Crippen LogP contribution in [0.2, 0.25) is 0 Å². The summed E-state index contributed by atoms with van der Waals surface area (Å²) in [5.74, 6) is -1.38. The minimum atomic E-state index is -0.911. The van der Waals surface area contributed by atoms with Crippen LogP contribution in [0.3, 0.4) is 0 Å². The van der Waals surface area contributed by atoms with Crippen molar-refractivity contribution >= 4 is 18.3 Å². The van der Waals surface area contributed by atoms with E-state index < -0.39 is 11.6 Å². The third-order valence-electron chi connectivity index (χ3n) is 3.98. The van der Waals surface area contributed by atoms with Crippen LogP contribution in [0.1, 0.15) is 25.3 Å². The predicted octanol–water partition coefficient (Wildman–Crippen LogP) is 2.51. The van der Waals surface area contributed by atoms with Crippen molar-refractivity contribution in [2.45, 2.75) is 32.2 Å². The number of halogens is 3. The first-order valence-corrected chi connectivity index (χ1v) is 6.94. The first-order chi connectivity index (χ1) is 9.47. The summed E-state index contributed by atoms with van der Waals surface area (Å²) in [5.41, 5.74) is 6.37. The van der Waals surface area contributed by atoms with Gasteiger partial charge in [0.05, 0.1) is 6.42 Å². The van der Waals surface area contributed by atoms with Crippen LogP contribution in [0.25, 0.3) is 0 Å². The Labute approximate surface area is 129 Å². The number of piperidine rings is 1. The second kappa shape index (κ2) is 7.71. The second-order valence-corrected chi connectivity index (χ2v) is 5.50. The molecule has 0 bridgehead atoms. The van der Waals surface area contributed by atoms with Gasteiger partial charge in [-0.05, 0) is 43.4 Å². The number of hydrogen-bond donors (Lipinski definition) is 1. The van der Waals surface area contributed by atoms with E-state index in [9.17, 15) is 13.6 Å². The molecule has 1 heterocycles. The van der Waals surface area contributed by atoms with Gasteiger partial charge in [-0.3, -0.25) is 4.79 Å². The lowest BCUT2D eigenvalue weighted by Crippen LogP contribution is -2.43. The Morgan fingerprint density at radius 2 is 1.95 bits per heavy atom. The molecule has 3 nitrogen and oxygen atoms in total. The molecule has 0 spiro atoms. The molecule has 1 aliphatic heterocycles. The molecule has 1 atom stereocenters. The van der Waals surface area contributed by atoms with Gasteiger partial charge < -0.3 is 10.6 Å². The van der Waals surface area contributed by atoms with Gasteiger partial charge in [-0.15, -0.1) is 12.4 Å². The van der Waals surface area contributed by atoms with Crippen LogP contribution in [-0.2, 0) is 11.2 Å². The van der Waals surface area contributed by atoms with Gasteiger partial charge in [-0.1, -0.05) is 6.07 Å². The third-order valence-corrected chi connectivity index (χ3v) is 3.98. The van der Waals surface area contributed by atoms with Gasteiger partial charge in [0.25, 0.3) is 0 Å². The van der Waals surface area contributed by atoms with Crippen LogP contribution >= 0.6 is 12.4 Å². The SMILES string of the molecule is CC(N)C1CCN(C(=O)Cc2ccc(F)c(F)c2)CC1.Cl. The molecule has 1 amide bonds. The van der Waals surface area contributed by atoms with Crippen molar-refractivity contribution in [3.05, 3.63) is 35.4 Å². The molecule has 2 rings (SSSR count). The highest BCUT2D eigenvalue weighted by Crippen LogP contribution is 2.20. The van der Waals surface area contributed by atoms with Gasteiger partial charge in [-0.2, -0.15) is 0 Å². The summed E-state index contributed by atoms with van der Waals surface area (Å²) >= 11 is 0. The lowest BCUT2D eigenvalue weighted by molar-refractivity contribution is -0.131. The number of likely N-dealkylation sites (tertiary alicyclic amines) is 1. The standard InChI is InChI=1S/C15H20F2N2O.ClH/c1-10(18)12-4-6-19(7-5-12)15(20)9-11-2-3-13(16)14(17)8-11;/h2-3,8,10,12H,4-7,9,18H2,1H3;1H. The zero-order valence-corrected chi connectivity index (χ0v) is 12.8. The van der Waals surface area contributed by atoms with Crippen LogP contribution in [0.4, 0.5) is 8.78 Å². The number of nitrogens with two attached hydrogens (primary N) is 1. The molecule has 0 saturated carbocycles.